The van der Waals surface area contributed by atoms with Crippen LogP contribution in [0.3, 0.4) is 0 Å². The van der Waals surface area contributed by atoms with Crippen LogP contribution >= 0.6 is 0 Å². The minimum atomic E-state index is -0.509. The van der Waals surface area contributed by atoms with Crippen molar-refractivity contribution in [2.45, 2.75) is 13.5 Å². The molecule has 0 unspecified atom stereocenters. The lowest BCUT2D eigenvalue weighted by atomic mass is 10.1. The monoisotopic (exact) mass is 334 g/mol. The summed E-state index contributed by atoms with van der Waals surface area (Å²) in [5.74, 6) is 0.228. The summed E-state index contributed by atoms with van der Waals surface area (Å²) in [7, 11) is 0. The molecule has 0 amide bonds. The number of benzene rings is 2. The summed E-state index contributed by atoms with van der Waals surface area (Å²) >= 11 is 0. The van der Waals surface area contributed by atoms with Crippen LogP contribution in [0.2, 0.25) is 0 Å². The lowest BCUT2D eigenvalue weighted by Gasteiger charge is -2.03. The maximum atomic E-state index is 11.2. The average molecular weight is 334 g/mol. The van der Waals surface area contributed by atoms with E-state index < -0.39 is 4.92 Å². The second kappa shape index (κ2) is 6.84. The summed E-state index contributed by atoms with van der Waals surface area (Å²) in [5.41, 5.74) is 2.32. The first-order valence-corrected chi connectivity index (χ1v) is 7.52. The molecular weight excluding hydrogens is 320 g/mol. The fourth-order valence-electron chi connectivity index (χ4n) is 2.33. The van der Waals surface area contributed by atoms with Crippen LogP contribution in [0, 0.1) is 28.4 Å². The highest BCUT2D eigenvalue weighted by atomic mass is 16.6. The van der Waals surface area contributed by atoms with E-state index in [1.165, 1.54) is 12.1 Å². The molecule has 1 N–H and O–H groups in total. The zero-order valence-corrected chi connectivity index (χ0v) is 13.4. The van der Waals surface area contributed by atoms with Crippen LogP contribution in [0.15, 0.2) is 52.9 Å². The topological polar surface area (TPSA) is 105 Å². The van der Waals surface area contributed by atoms with Gasteiger partial charge < -0.3 is 9.73 Å². The molecule has 7 nitrogen and oxygen atoms in total. The van der Waals surface area contributed by atoms with Crippen molar-refractivity contribution in [3.8, 4) is 17.5 Å². The highest BCUT2D eigenvalue weighted by molar-refractivity contribution is 5.68. The van der Waals surface area contributed by atoms with Crippen LogP contribution < -0.4 is 5.32 Å². The summed E-state index contributed by atoms with van der Waals surface area (Å²) in [6.07, 6.45) is 0. The third kappa shape index (κ3) is 3.48. The molecule has 0 radical (unpaired) electrons. The number of nitro groups is 1. The zero-order chi connectivity index (χ0) is 17.8. The first-order chi connectivity index (χ1) is 12.1. The molecule has 0 fully saturated rings. The lowest BCUT2D eigenvalue weighted by Crippen LogP contribution is -1.99. The SMILES string of the molecule is Cc1ccc(CNc2oc(-c3ccccc3[N+](=O)[O-])nc2C#N)cc1. The normalized spacial score (nSPS) is 10.2. The number of para-hydroxylation sites is 1. The Labute approximate surface area is 143 Å². The molecule has 0 aliphatic carbocycles. The van der Waals surface area contributed by atoms with Crippen molar-refractivity contribution < 1.29 is 9.34 Å². The van der Waals surface area contributed by atoms with Gasteiger partial charge in [-0.15, -0.1) is 0 Å². The predicted octanol–water partition coefficient (Wildman–Crippen LogP) is 4.04. The van der Waals surface area contributed by atoms with E-state index in [2.05, 4.69) is 10.3 Å². The van der Waals surface area contributed by atoms with E-state index in [-0.39, 0.29) is 28.7 Å². The number of oxazole rings is 1. The summed E-state index contributed by atoms with van der Waals surface area (Å²) in [6, 6.07) is 16.0. The molecule has 0 bridgehead atoms. The van der Waals surface area contributed by atoms with Crippen molar-refractivity contribution >= 4 is 11.6 Å². The van der Waals surface area contributed by atoms with E-state index in [4.69, 9.17) is 4.42 Å². The van der Waals surface area contributed by atoms with Crippen LogP contribution in [0.5, 0.6) is 0 Å². The number of aryl methyl sites for hydroxylation is 1. The molecular formula is C18H14N4O3. The number of rotatable bonds is 5. The molecule has 0 aliphatic rings. The number of nitrogens with zero attached hydrogens (tertiary/aromatic N) is 3. The molecule has 0 atom stereocenters. The number of hydrogen-bond acceptors (Lipinski definition) is 6. The van der Waals surface area contributed by atoms with Gasteiger partial charge in [0.25, 0.3) is 5.69 Å². The summed E-state index contributed by atoms with van der Waals surface area (Å²) in [6.45, 7) is 2.45. The van der Waals surface area contributed by atoms with Crippen molar-refractivity contribution in [3.63, 3.8) is 0 Å². The number of nitriles is 1. The van der Waals surface area contributed by atoms with Crippen LogP contribution in [0.1, 0.15) is 16.8 Å². The molecule has 0 spiro atoms. The smallest absolute Gasteiger partial charge is 0.282 e. The van der Waals surface area contributed by atoms with E-state index in [9.17, 15) is 15.4 Å². The molecule has 0 saturated heterocycles. The Bertz CT molecular complexity index is 955. The Kier molecular flexibility index (Phi) is 4.44. The zero-order valence-electron chi connectivity index (χ0n) is 13.4. The van der Waals surface area contributed by atoms with Gasteiger partial charge in [0.15, 0.2) is 0 Å². The Balaban J connectivity index is 1.89. The Morgan fingerprint density at radius 3 is 2.64 bits per heavy atom. The molecule has 2 aromatic carbocycles. The molecule has 124 valence electrons. The minimum absolute atomic E-state index is 0.0373. The van der Waals surface area contributed by atoms with Crippen molar-refractivity contribution in [3.05, 3.63) is 75.5 Å². The predicted molar refractivity (Wildman–Crippen MR) is 91.8 cm³/mol. The fourth-order valence-corrected chi connectivity index (χ4v) is 2.33. The van der Waals surface area contributed by atoms with Crippen LogP contribution in [0.25, 0.3) is 11.5 Å². The maximum absolute atomic E-state index is 11.2. The van der Waals surface area contributed by atoms with Gasteiger partial charge in [0.05, 0.1) is 4.92 Å². The maximum Gasteiger partial charge on any atom is 0.282 e. The van der Waals surface area contributed by atoms with Gasteiger partial charge in [0, 0.05) is 12.6 Å². The van der Waals surface area contributed by atoms with Gasteiger partial charge in [-0.25, -0.2) is 0 Å². The van der Waals surface area contributed by atoms with E-state index in [1.807, 2.05) is 37.3 Å². The van der Waals surface area contributed by atoms with Crippen LogP contribution in [0.4, 0.5) is 11.6 Å². The van der Waals surface area contributed by atoms with Gasteiger partial charge in [0.1, 0.15) is 11.6 Å². The Morgan fingerprint density at radius 1 is 1.24 bits per heavy atom. The van der Waals surface area contributed by atoms with E-state index in [0.717, 1.165) is 11.1 Å². The van der Waals surface area contributed by atoms with Gasteiger partial charge in [0.2, 0.25) is 17.5 Å². The number of nitro benzene ring substituents is 1. The molecule has 1 aromatic heterocycles. The molecule has 25 heavy (non-hydrogen) atoms. The van der Waals surface area contributed by atoms with E-state index in [0.29, 0.717) is 6.54 Å². The highest BCUT2D eigenvalue weighted by Gasteiger charge is 2.21. The summed E-state index contributed by atoms with van der Waals surface area (Å²) < 4.78 is 5.58. The van der Waals surface area contributed by atoms with Gasteiger partial charge in [-0.05, 0) is 18.6 Å². The quantitative estimate of drug-likeness (QED) is 0.557. The van der Waals surface area contributed by atoms with Gasteiger partial charge >= 0.3 is 0 Å². The molecule has 1 heterocycles. The van der Waals surface area contributed by atoms with Gasteiger partial charge in [-0.2, -0.15) is 10.2 Å². The van der Waals surface area contributed by atoms with Gasteiger partial charge in [-0.1, -0.05) is 42.0 Å². The molecule has 7 heteroatoms. The van der Waals surface area contributed by atoms with E-state index >= 15 is 0 Å². The van der Waals surface area contributed by atoms with Crippen molar-refractivity contribution in [1.82, 2.24) is 4.98 Å². The number of hydrogen-bond donors (Lipinski definition) is 1. The summed E-state index contributed by atoms with van der Waals surface area (Å²) in [4.78, 5) is 14.7. The molecule has 0 aliphatic heterocycles. The Hall–Kier alpha value is -3.66. The standard InChI is InChI=1S/C18H14N4O3/c1-12-6-8-13(9-7-12)11-20-18-15(10-19)21-17(25-18)14-4-2-3-5-16(14)22(23)24/h2-9,20H,11H2,1H3. The molecule has 0 saturated carbocycles. The second-order valence-electron chi connectivity index (χ2n) is 5.42. The Morgan fingerprint density at radius 2 is 1.96 bits per heavy atom. The van der Waals surface area contributed by atoms with Gasteiger partial charge in [-0.3, -0.25) is 10.1 Å². The van der Waals surface area contributed by atoms with E-state index in [1.54, 1.807) is 12.1 Å². The number of aromatic nitrogens is 1. The van der Waals surface area contributed by atoms with Crippen molar-refractivity contribution in [1.29, 1.82) is 5.26 Å². The summed E-state index contributed by atoms with van der Waals surface area (Å²) in [5, 5.41) is 23.4. The lowest BCUT2D eigenvalue weighted by molar-refractivity contribution is -0.384. The molecule has 3 rings (SSSR count). The largest absolute Gasteiger partial charge is 0.419 e. The highest BCUT2D eigenvalue weighted by Crippen LogP contribution is 2.32. The van der Waals surface area contributed by atoms with Crippen LogP contribution in [-0.4, -0.2) is 9.91 Å². The third-order valence-electron chi connectivity index (χ3n) is 3.64. The fraction of sp³-hybridized carbons (Fsp3) is 0.111. The van der Waals surface area contributed by atoms with Crippen molar-refractivity contribution in [2.24, 2.45) is 0 Å². The minimum Gasteiger partial charge on any atom is -0.419 e. The number of nitrogens with one attached hydrogen (secondary N) is 1. The average Bonchev–Trinajstić information content (AvgIpc) is 3.04. The molecule has 3 aromatic rings. The first-order valence-electron chi connectivity index (χ1n) is 7.52. The second-order valence-corrected chi connectivity index (χ2v) is 5.42. The van der Waals surface area contributed by atoms with Crippen molar-refractivity contribution in [2.75, 3.05) is 5.32 Å². The number of anilines is 1. The van der Waals surface area contributed by atoms with Crippen LogP contribution in [-0.2, 0) is 6.54 Å². The third-order valence-corrected chi connectivity index (χ3v) is 3.64. The first kappa shape index (κ1) is 16.2.